The van der Waals surface area contributed by atoms with Crippen LogP contribution in [0, 0.1) is 10.1 Å². The van der Waals surface area contributed by atoms with Crippen molar-refractivity contribution in [3.05, 3.63) is 142 Å². The third-order valence-electron chi connectivity index (χ3n) is 7.36. The van der Waals surface area contributed by atoms with E-state index in [0.29, 0.717) is 0 Å². The molecule has 44 heavy (non-hydrogen) atoms. The van der Waals surface area contributed by atoms with Crippen LogP contribution in [0.15, 0.2) is 115 Å². The molecule has 0 saturated carbocycles. The van der Waals surface area contributed by atoms with E-state index in [1.165, 1.54) is 24.3 Å². The summed E-state index contributed by atoms with van der Waals surface area (Å²) in [5, 5.41) is 33.5. The molecule has 5 rings (SSSR count). The minimum absolute atomic E-state index is 0.147. The maximum absolute atomic E-state index is 11.5. The number of benzene rings is 4. The number of primary amides is 1. The van der Waals surface area contributed by atoms with Crippen LogP contribution in [0.1, 0.15) is 16.7 Å². The highest BCUT2D eigenvalue weighted by Crippen LogP contribution is 2.41. The number of amides is 1. The number of aliphatic hydroxyl groups is 2. The summed E-state index contributed by atoms with van der Waals surface area (Å²) < 4.78 is 24.2. The lowest BCUT2D eigenvalue weighted by Crippen LogP contribution is -2.61. The average Bonchev–Trinajstić information content (AvgIpc) is 3.05. The standard InChI is InChI=1S/C33H32N2O9/c34-28(36)21-41-31-29(37)27(44-32(30(31)38)43-26-18-16-25(17-19-26)35(39)40)20-42-33(22-10-4-1-5-11-22,23-12-6-2-7-13-23)24-14-8-3-9-15-24/h1-19,27,29-32,37-38H,20-21H2,(H2,34,36)/t27-,29-,30+,31+,32+/m1/s1. The van der Waals surface area contributed by atoms with E-state index in [-0.39, 0.29) is 18.0 Å². The van der Waals surface area contributed by atoms with Crippen LogP contribution < -0.4 is 10.5 Å². The number of nitrogens with zero attached hydrogens (tertiary/aromatic N) is 1. The van der Waals surface area contributed by atoms with Crippen LogP contribution in [0.3, 0.4) is 0 Å². The third kappa shape index (κ3) is 6.62. The molecule has 1 aliphatic rings. The Kier molecular flexibility index (Phi) is 9.63. The van der Waals surface area contributed by atoms with Crippen molar-refractivity contribution in [3.63, 3.8) is 0 Å². The lowest BCUT2D eigenvalue weighted by atomic mass is 9.80. The molecule has 0 unspecified atom stereocenters. The molecule has 4 N–H and O–H groups in total. The summed E-state index contributed by atoms with van der Waals surface area (Å²) in [6.45, 7) is -0.776. The SMILES string of the molecule is NC(=O)CO[C@@H]1[C@H](O)[C@@H](Oc2ccc([N+](=O)[O-])cc2)O[C@H](COC(c2ccccc2)(c2ccccc2)c2ccccc2)[C@H]1O. The van der Waals surface area contributed by atoms with E-state index >= 15 is 0 Å². The first kappa shape index (κ1) is 30.8. The molecule has 11 heteroatoms. The first-order valence-electron chi connectivity index (χ1n) is 13.9. The van der Waals surface area contributed by atoms with Crippen molar-refractivity contribution >= 4 is 11.6 Å². The Balaban J connectivity index is 1.49. The van der Waals surface area contributed by atoms with Crippen LogP contribution in [0.4, 0.5) is 5.69 Å². The topological polar surface area (TPSA) is 164 Å². The van der Waals surface area contributed by atoms with E-state index in [1.807, 2.05) is 91.0 Å². The average molecular weight is 601 g/mol. The van der Waals surface area contributed by atoms with E-state index in [4.69, 9.17) is 24.7 Å². The molecule has 1 aliphatic heterocycles. The Bertz CT molecular complexity index is 1430. The first-order valence-corrected chi connectivity index (χ1v) is 13.9. The fourth-order valence-electron chi connectivity index (χ4n) is 5.27. The van der Waals surface area contributed by atoms with Crippen molar-refractivity contribution in [2.75, 3.05) is 13.2 Å². The molecule has 1 fully saturated rings. The van der Waals surface area contributed by atoms with Crippen LogP contribution in [0.5, 0.6) is 5.75 Å². The number of ether oxygens (including phenoxy) is 4. The normalized spacial score (nSPS) is 21.8. The summed E-state index contributed by atoms with van der Waals surface area (Å²) >= 11 is 0. The number of rotatable bonds is 12. The second kappa shape index (κ2) is 13.8. The molecule has 1 saturated heterocycles. The number of nitro benzene ring substituents is 1. The van der Waals surface area contributed by atoms with Crippen LogP contribution in [-0.4, -0.2) is 65.0 Å². The summed E-state index contributed by atoms with van der Waals surface area (Å²) in [7, 11) is 0. The highest BCUT2D eigenvalue weighted by atomic mass is 16.7. The number of hydrogen-bond donors (Lipinski definition) is 3. The predicted octanol–water partition coefficient (Wildman–Crippen LogP) is 3.30. The Morgan fingerprint density at radius 1 is 0.818 bits per heavy atom. The summed E-state index contributed by atoms with van der Waals surface area (Å²) in [4.78, 5) is 22.0. The van der Waals surface area contributed by atoms with Crippen molar-refractivity contribution in [3.8, 4) is 5.75 Å². The molecule has 0 spiro atoms. The number of nitrogens with two attached hydrogens (primary N) is 1. The highest BCUT2D eigenvalue weighted by Gasteiger charge is 2.48. The zero-order chi connectivity index (χ0) is 31.1. The van der Waals surface area contributed by atoms with Gasteiger partial charge in [0.1, 0.15) is 42.4 Å². The van der Waals surface area contributed by atoms with Gasteiger partial charge in [0.2, 0.25) is 12.2 Å². The summed E-state index contributed by atoms with van der Waals surface area (Å²) in [5.41, 5.74) is 6.45. The number of aliphatic hydroxyl groups excluding tert-OH is 2. The molecule has 1 amide bonds. The molecule has 228 valence electrons. The Morgan fingerprint density at radius 3 is 1.77 bits per heavy atom. The molecule has 0 aliphatic carbocycles. The molecule has 11 nitrogen and oxygen atoms in total. The quantitative estimate of drug-likeness (QED) is 0.126. The monoisotopic (exact) mass is 600 g/mol. The van der Waals surface area contributed by atoms with Crippen molar-refractivity contribution in [2.24, 2.45) is 5.73 Å². The van der Waals surface area contributed by atoms with Gasteiger partial charge in [-0.1, -0.05) is 91.0 Å². The number of hydrogen-bond acceptors (Lipinski definition) is 9. The molecule has 4 aromatic carbocycles. The molecule has 0 radical (unpaired) electrons. The van der Waals surface area contributed by atoms with Gasteiger partial charge in [-0.05, 0) is 28.8 Å². The van der Waals surface area contributed by atoms with Gasteiger partial charge in [-0.2, -0.15) is 0 Å². The minimum atomic E-state index is -1.56. The number of carbonyl (C=O) groups excluding carboxylic acids is 1. The lowest BCUT2D eigenvalue weighted by molar-refractivity contribution is -0.384. The van der Waals surface area contributed by atoms with Gasteiger partial charge in [0.05, 0.1) is 11.5 Å². The van der Waals surface area contributed by atoms with Crippen LogP contribution in [0.25, 0.3) is 0 Å². The molecular formula is C33H32N2O9. The van der Waals surface area contributed by atoms with Gasteiger partial charge in [0, 0.05) is 12.1 Å². The second-order valence-electron chi connectivity index (χ2n) is 10.2. The largest absolute Gasteiger partial charge is 0.462 e. The Hall–Kier alpha value is -4.65. The van der Waals surface area contributed by atoms with Crippen molar-refractivity contribution in [2.45, 2.75) is 36.3 Å². The third-order valence-corrected chi connectivity index (χ3v) is 7.36. The summed E-state index contributed by atoms with van der Waals surface area (Å²) in [5.74, 6) is -0.635. The molecule has 0 bridgehead atoms. The molecule has 1 heterocycles. The molecule has 4 aromatic rings. The van der Waals surface area contributed by atoms with Crippen LogP contribution in [0.2, 0.25) is 0 Å². The van der Waals surface area contributed by atoms with Crippen molar-refractivity contribution in [1.29, 1.82) is 0 Å². The van der Waals surface area contributed by atoms with E-state index < -0.39 is 53.7 Å². The van der Waals surface area contributed by atoms with Gasteiger partial charge in [-0.25, -0.2) is 0 Å². The smallest absolute Gasteiger partial charge is 0.269 e. The summed E-state index contributed by atoms with van der Waals surface area (Å²) in [6, 6.07) is 34.0. The molecular weight excluding hydrogens is 568 g/mol. The first-order chi connectivity index (χ1) is 21.3. The van der Waals surface area contributed by atoms with E-state index in [1.54, 1.807) is 0 Å². The Labute approximate surface area is 253 Å². The van der Waals surface area contributed by atoms with Crippen molar-refractivity contribution < 1.29 is 38.9 Å². The molecule has 5 atom stereocenters. The second-order valence-corrected chi connectivity index (χ2v) is 10.2. The lowest BCUT2D eigenvalue weighted by Gasteiger charge is -2.43. The number of nitro groups is 1. The minimum Gasteiger partial charge on any atom is -0.462 e. The zero-order valence-corrected chi connectivity index (χ0v) is 23.5. The van der Waals surface area contributed by atoms with E-state index in [2.05, 4.69) is 0 Å². The van der Waals surface area contributed by atoms with E-state index in [0.717, 1.165) is 16.7 Å². The van der Waals surface area contributed by atoms with Crippen LogP contribution >= 0.6 is 0 Å². The van der Waals surface area contributed by atoms with Gasteiger partial charge < -0.3 is 34.9 Å². The van der Waals surface area contributed by atoms with Crippen LogP contribution in [-0.2, 0) is 24.6 Å². The van der Waals surface area contributed by atoms with Gasteiger partial charge >= 0.3 is 0 Å². The fourth-order valence-corrected chi connectivity index (χ4v) is 5.27. The number of carbonyl (C=O) groups is 1. The molecule has 0 aromatic heterocycles. The maximum Gasteiger partial charge on any atom is 0.269 e. The van der Waals surface area contributed by atoms with E-state index in [9.17, 15) is 25.1 Å². The van der Waals surface area contributed by atoms with Crippen molar-refractivity contribution in [1.82, 2.24) is 0 Å². The Morgan fingerprint density at radius 2 is 1.32 bits per heavy atom. The predicted molar refractivity (Wildman–Crippen MR) is 158 cm³/mol. The fraction of sp³-hybridized carbons (Fsp3) is 0.242. The van der Waals surface area contributed by atoms with Gasteiger partial charge in [0.25, 0.3) is 5.69 Å². The van der Waals surface area contributed by atoms with Gasteiger partial charge in [-0.3, -0.25) is 14.9 Å². The van der Waals surface area contributed by atoms with Gasteiger partial charge in [-0.15, -0.1) is 0 Å². The maximum atomic E-state index is 11.5. The zero-order valence-electron chi connectivity index (χ0n) is 23.5. The number of non-ortho nitro benzene ring substituents is 1. The van der Waals surface area contributed by atoms with Gasteiger partial charge in [0.15, 0.2) is 0 Å². The highest BCUT2D eigenvalue weighted by molar-refractivity contribution is 5.75. The summed E-state index contributed by atoms with van der Waals surface area (Å²) in [6.07, 6.45) is -6.87.